The van der Waals surface area contributed by atoms with E-state index in [0.29, 0.717) is 31.3 Å². The first kappa shape index (κ1) is 18.0. The van der Waals surface area contributed by atoms with Crippen molar-refractivity contribution in [1.29, 1.82) is 0 Å². The summed E-state index contributed by atoms with van der Waals surface area (Å²) in [5, 5.41) is 0. The Balaban J connectivity index is 2.54. The van der Waals surface area contributed by atoms with E-state index in [4.69, 9.17) is 5.73 Å². The summed E-state index contributed by atoms with van der Waals surface area (Å²) in [6, 6.07) is 0.143. The highest BCUT2D eigenvalue weighted by Gasteiger charge is 2.26. The molecule has 1 amide bonds. The minimum atomic E-state index is -0.272. The van der Waals surface area contributed by atoms with Gasteiger partial charge in [0.15, 0.2) is 0 Å². The first-order valence-corrected chi connectivity index (χ1v) is 8.04. The molecule has 0 saturated heterocycles. The molecule has 2 atom stereocenters. The Labute approximate surface area is 128 Å². The normalized spacial score (nSPS) is 22.1. The van der Waals surface area contributed by atoms with E-state index in [1.54, 1.807) is 4.90 Å². The zero-order valence-corrected chi connectivity index (χ0v) is 13.6. The van der Waals surface area contributed by atoms with Crippen LogP contribution in [-0.4, -0.2) is 43.0 Å². The van der Waals surface area contributed by atoms with Crippen LogP contribution in [0.1, 0.15) is 52.4 Å². The molecule has 0 bridgehead atoms. The molecule has 0 spiro atoms. The van der Waals surface area contributed by atoms with E-state index in [9.17, 15) is 9.59 Å². The maximum absolute atomic E-state index is 12.5. The van der Waals surface area contributed by atoms with Gasteiger partial charge in [0.05, 0.1) is 13.5 Å². The third-order valence-electron chi connectivity index (χ3n) is 4.16. The lowest BCUT2D eigenvalue weighted by Crippen LogP contribution is -2.41. The SMILES string of the molecule is COC(=O)CCN(CC(C)C)C(=O)CC1CCCCC1N. The standard InChI is InChI=1S/C16H30N2O3/c1-12(2)11-18(9-8-16(20)21-3)15(19)10-13-6-4-5-7-14(13)17/h12-14H,4-11,17H2,1-3H3. The van der Waals surface area contributed by atoms with Gasteiger partial charge in [0.1, 0.15) is 0 Å². The van der Waals surface area contributed by atoms with Crippen molar-refractivity contribution in [3.63, 3.8) is 0 Å². The molecular weight excluding hydrogens is 268 g/mol. The molecule has 0 aromatic carbocycles. The van der Waals surface area contributed by atoms with Crippen LogP contribution in [0.5, 0.6) is 0 Å². The molecule has 0 radical (unpaired) electrons. The van der Waals surface area contributed by atoms with Gasteiger partial charge in [-0.25, -0.2) is 0 Å². The van der Waals surface area contributed by atoms with Crippen LogP contribution in [0.2, 0.25) is 0 Å². The van der Waals surface area contributed by atoms with Crippen LogP contribution in [0.3, 0.4) is 0 Å². The number of rotatable bonds is 7. The number of carbonyl (C=O) groups excluding carboxylic acids is 2. The molecule has 0 aromatic heterocycles. The number of nitrogens with zero attached hydrogens (tertiary/aromatic N) is 1. The molecule has 0 aromatic rings. The summed E-state index contributed by atoms with van der Waals surface area (Å²) in [6.45, 7) is 5.26. The van der Waals surface area contributed by atoms with Gasteiger partial charge in [-0.1, -0.05) is 26.7 Å². The second-order valence-electron chi connectivity index (χ2n) is 6.47. The van der Waals surface area contributed by atoms with Crippen LogP contribution in [0.25, 0.3) is 0 Å². The largest absolute Gasteiger partial charge is 0.469 e. The smallest absolute Gasteiger partial charge is 0.307 e. The van der Waals surface area contributed by atoms with Gasteiger partial charge < -0.3 is 15.4 Å². The Hall–Kier alpha value is -1.10. The number of nitrogens with two attached hydrogens (primary N) is 1. The number of amides is 1. The number of hydrogen-bond acceptors (Lipinski definition) is 4. The Morgan fingerprint density at radius 1 is 1.29 bits per heavy atom. The highest BCUT2D eigenvalue weighted by molar-refractivity contribution is 5.77. The molecule has 1 saturated carbocycles. The minimum absolute atomic E-state index is 0.120. The number of carbonyl (C=O) groups is 2. The predicted molar refractivity (Wildman–Crippen MR) is 82.6 cm³/mol. The molecule has 21 heavy (non-hydrogen) atoms. The van der Waals surface area contributed by atoms with Crippen LogP contribution in [-0.2, 0) is 14.3 Å². The third-order valence-corrected chi connectivity index (χ3v) is 4.16. The van der Waals surface area contributed by atoms with Gasteiger partial charge in [0, 0.05) is 25.6 Å². The zero-order chi connectivity index (χ0) is 15.8. The highest BCUT2D eigenvalue weighted by Crippen LogP contribution is 2.26. The van der Waals surface area contributed by atoms with Crippen molar-refractivity contribution in [2.24, 2.45) is 17.6 Å². The Morgan fingerprint density at radius 3 is 2.52 bits per heavy atom. The number of hydrogen-bond donors (Lipinski definition) is 1. The molecule has 5 nitrogen and oxygen atoms in total. The minimum Gasteiger partial charge on any atom is -0.469 e. The molecule has 1 fully saturated rings. The van der Waals surface area contributed by atoms with Gasteiger partial charge in [-0.15, -0.1) is 0 Å². The van der Waals surface area contributed by atoms with E-state index >= 15 is 0 Å². The highest BCUT2D eigenvalue weighted by atomic mass is 16.5. The molecule has 122 valence electrons. The average molecular weight is 298 g/mol. The second-order valence-corrected chi connectivity index (χ2v) is 6.47. The van der Waals surface area contributed by atoms with Crippen molar-refractivity contribution in [2.75, 3.05) is 20.2 Å². The maximum Gasteiger partial charge on any atom is 0.307 e. The summed E-state index contributed by atoms with van der Waals surface area (Å²) >= 11 is 0. The van der Waals surface area contributed by atoms with E-state index in [0.717, 1.165) is 19.3 Å². The fourth-order valence-corrected chi connectivity index (χ4v) is 2.93. The quantitative estimate of drug-likeness (QED) is 0.729. The summed E-state index contributed by atoms with van der Waals surface area (Å²) in [5.41, 5.74) is 6.13. The van der Waals surface area contributed by atoms with E-state index in [-0.39, 0.29) is 24.3 Å². The molecule has 5 heteroatoms. The summed E-state index contributed by atoms with van der Waals surface area (Å²) in [6.07, 6.45) is 5.16. The van der Waals surface area contributed by atoms with Crippen molar-refractivity contribution < 1.29 is 14.3 Å². The third kappa shape index (κ3) is 6.46. The van der Waals surface area contributed by atoms with Gasteiger partial charge in [0.25, 0.3) is 0 Å². The monoisotopic (exact) mass is 298 g/mol. The lowest BCUT2D eigenvalue weighted by atomic mass is 9.82. The molecule has 1 rings (SSSR count). The van der Waals surface area contributed by atoms with Crippen molar-refractivity contribution >= 4 is 11.9 Å². The first-order chi connectivity index (χ1) is 9.93. The van der Waals surface area contributed by atoms with Crippen molar-refractivity contribution in [2.45, 2.75) is 58.4 Å². The second kappa shape index (κ2) is 9.03. The Bertz CT molecular complexity index is 344. The summed E-state index contributed by atoms with van der Waals surface area (Å²) in [4.78, 5) is 25.6. The van der Waals surface area contributed by atoms with Crippen LogP contribution in [0, 0.1) is 11.8 Å². The Kier molecular flexibility index (Phi) is 7.72. The molecule has 1 aliphatic rings. The van der Waals surface area contributed by atoms with Gasteiger partial charge in [-0.2, -0.15) is 0 Å². The summed E-state index contributed by atoms with van der Waals surface area (Å²) < 4.78 is 4.66. The van der Waals surface area contributed by atoms with Crippen molar-refractivity contribution in [3.05, 3.63) is 0 Å². The Morgan fingerprint density at radius 2 is 1.95 bits per heavy atom. The van der Waals surface area contributed by atoms with Gasteiger partial charge >= 0.3 is 5.97 Å². The summed E-state index contributed by atoms with van der Waals surface area (Å²) in [5.74, 6) is 0.520. The number of ether oxygens (including phenoxy) is 1. The maximum atomic E-state index is 12.5. The molecule has 0 aliphatic heterocycles. The van der Waals surface area contributed by atoms with Gasteiger partial charge in [0.2, 0.25) is 5.91 Å². The lowest BCUT2D eigenvalue weighted by Gasteiger charge is -2.31. The number of esters is 1. The van der Waals surface area contributed by atoms with Gasteiger partial charge in [-0.3, -0.25) is 9.59 Å². The van der Waals surface area contributed by atoms with Crippen LogP contribution in [0.15, 0.2) is 0 Å². The van der Waals surface area contributed by atoms with Gasteiger partial charge in [-0.05, 0) is 24.7 Å². The van der Waals surface area contributed by atoms with Crippen LogP contribution >= 0.6 is 0 Å². The van der Waals surface area contributed by atoms with E-state index in [1.807, 2.05) is 0 Å². The van der Waals surface area contributed by atoms with E-state index in [1.165, 1.54) is 13.5 Å². The fraction of sp³-hybridized carbons (Fsp3) is 0.875. The zero-order valence-electron chi connectivity index (χ0n) is 13.6. The number of methoxy groups -OCH3 is 1. The fourth-order valence-electron chi connectivity index (χ4n) is 2.93. The molecule has 1 aliphatic carbocycles. The lowest BCUT2D eigenvalue weighted by molar-refractivity contribution is -0.142. The summed E-state index contributed by atoms with van der Waals surface area (Å²) in [7, 11) is 1.37. The predicted octanol–water partition coefficient (Wildman–Crippen LogP) is 1.94. The molecule has 2 unspecified atom stereocenters. The van der Waals surface area contributed by atoms with Crippen molar-refractivity contribution in [3.8, 4) is 0 Å². The van der Waals surface area contributed by atoms with Crippen LogP contribution < -0.4 is 5.73 Å². The topological polar surface area (TPSA) is 72.6 Å². The van der Waals surface area contributed by atoms with Crippen molar-refractivity contribution in [1.82, 2.24) is 4.90 Å². The van der Waals surface area contributed by atoms with E-state index < -0.39 is 0 Å². The molecule has 2 N–H and O–H groups in total. The molecular formula is C16H30N2O3. The van der Waals surface area contributed by atoms with Crippen LogP contribution in [0.4, 0.5) is 0 Å². The average Bonchev–Trinajstić information content (AvgIpc) is 2.45. The first-order valence-electron chi connectivity index (χ1n) is 8.04. The van der Waals surface area contributed by atoms with E-state index in [2.05, 4.69) is 18.6 Å². The molecule has 0 heterocycles.